The van der Waals surface area contributed by atoms with Crippen LogP contribution in [0.15, 0.2) is 18.3 Å². The summed E-state index contributed by atoms with van der Waals surface area (Å²) in [5.74, 6) is -2.08. The molecular weight excluding hydrogens is 264 g/mol. The van der Waals surface area contributed by atoms with Crippen LogP contribution in [0.1, 0.15) is 34.9 Å². The lowest BCUT2D eigenvalue weighted by Crippen LogP contribution is -2.39. The molecule has 2 N–H and O–H groups in total. The molecule has 2 aromatic rings. The van der Waals surface area contributed by atoms with Gasteiger partial charge in [-0.05, 0) is 18.6 Å². The summed E-state index contributed by atoms with van der Waals surface area (Å²) in [7, 11) is 0. The average molecular weight is 274 g/mol. The quantitative estimate of drug-likeness (QED) is 0.742. The fraction of sp³-hybridized carbons (Fsp3) is 0.250. The number of aromatic carboxylic acids is 1. The number of carbonyl (C=O) groups excluding carboxylic acids is 2. The van der Waals surface area contributed by atoms with Crippen molar-refractivity contribution in [3.8, 4) is 0 Å². The van der Waals surface area contributed by atoms with Crippen molar-refractivity contribution in [3.63, 3.8) is 0 Å². The molecular formula is C12H10N4O4. The average Bonchev–Trinajstić information content (AvgIpc) is 2.80. The normalized spacial score (nSPS) is 19.1. The first-order valence-corrected chi connectivity index (χ1v) is 5.98. The highest BCUT2D eigenvalue weighted by molar-refractivity contribution is 6.00. The summed E-state index contributed by atoms with van der Waals surface area (Å²) < 4.78 is 1.32. The van der Waals surface area contributed by atoms with Gasteiger partial charge in [0.15, 0.2) is 11.5 Å². The van der Waals surface area contributed by atoms with Crippen LogP contribution in [0.2, 0.25) is 0 Å². The van der Waals surface area contributed by atoms with Gasteiger partial charge in [-0.15, -0.1) is 0 Å². The van der Waals surface area contributed by atoms with Gasteiger partial charge in [-0.25, -0.2) is 14.3 Å². The molecule has 3 heterocycles. The lowest BCUT2D eigenvalue weighted by atomic mass is 9.98. The Balaban J connectivity index is 1.98. The number of nitrogens with one attached hydrogen (secondary N) is 1. The number of piperidine rings is 1. The number of hydrogen-bond donors (Lipinski definition) is 2. The van der Waals surface area contributed by atoms with Crippen LogP contribution in [0.3, 0.4) is 0 Å². The highest BCUT2D eigenvalue weighted by Crippen LogP contribution is 2.22. The summed E-state index contributed by atoms with van der Waals surface area (Å²) >= 11 is 0. The van der Waals surface area contributed by atoms with Gasteiger partial charge < -0.3 is 5.11 Å². The molecule has 2 aromatic heterocycles. The molecule has 20 heavy (non-hydrogen) atoms. The second kappa shape index (κ2) is 4.41. The monoisotopic (exact) mass is 274 g/mol. The Morgan fingerprint density at radius 3 is 2.90 bits per heavy atom. The number of aromatic nitrogens is 3. The molecule has 8 heteroatoms. The van der Waals surface area contributed by atoms with Gasteiger partial charge >= 0.3 is 5.97 Å². The summed E-state index contributed by atoms with van der Waals surface area (Å²) in [6.45, 7) is 0. The number of imide groups is 1. The first kappa shape index (κ1) is 12.3. The summed E-state index contributed by atoms with van der Waals surface area (Å²) in [5.41, 5.74) is 0.534. The van der Waals surface area contributed by atoms with E-state index < -0.39 is 17.8 Å². The van der Waals surface area contributed by atoms with E-state index in [9.17, 15) is 14.4 Å². The van der Waals surface area contributed by atoms with Gasteiger partial charge in [0.25, 0.3) is 0 Å². The molecule has 0 aliphatic carbocycles. The number of carboxylic acids is 1. The molecule has 8 nitrogen and oxygen atoms in total. The number of carbonyl (C=O) groups is 3. The van der Waals surface area contributed by atoms with Crippen LogP contribution in [-0.4, -0.2) is 37.5 Å². The lowest BCUT2D eigenvalue weighted by molar-refractivity contribution is -0.134. The van der Waals surface area contributed by atoms with Gasteiger partial charge in [0, 0.05) is 12.6 Å². The van der Waals surface area contributed by atoms with E-state index >= 15 is 0 Å². The second-order valence-electron chi connectivity index (χ2n) is 4.50. The van der Waals surface area contributed by atoms with E-state index in [0.717, 1.165) is 0 Å². The topological polar surface area (TPSA) is 114 Å². The van der Waals surface area contributed by atoms with Gasteiger partial charge in [-0.3, -0.25) is 14.9 Å². The lowest BCUT2D eigenvalue weighted by Gasteiger charge is -2.17. The molecule has 102 valence electrons. The molecule has 0 aromatic carbocycles. The number of amides is 2. The van der Waals surface area contributed by atoms with E-state index in [1.807, 2.05) is 0 Å². The van der Waals surface area contributed by atoms with Crippen molar-refractivity contribution >= 4 is 23.4 Å². The molecule has 3 rings (SSSR count). The molecule has 1 atom stereocenters. The number of hydrogen-bond acceptors (Lipinski definition) is 5. The Morgan fingerprint density at radius 2 is 2.20 bits per heavy atom. The van der Waals surface area contributed by atoms with Crippen LogP contribution in [0.4, 0.5) is 0 Å². The number of fused-ring (bicyclic) bond motifs is 1. The first-order valence-electron chi connectivity index (χ1n) is 5.98. The second-order valence-corrected chi connectivity index (χ2v) is 4.50. The van der Waals surface area contributed by atoms with Gasteiger partial charge in [-0.2, -0.15) is 5.10 Å². The van der Waals surface area contributed by atoms with Crippen molar-refractivity contribution in [2.45, 2.75) is 18.8 Å². The van der Waals surface area contributed by atoms with E-state index in [1.54, 1.807) is 0 Å². The van der Waals surface area contributed by atoms with Crippen LogP contribution < -0.4 is 5.32 Å². The minimum atomic E-state index is -1.06. The Kier molecular flexibility index (Phi) is 2.70. The maximum Gasteiger partial charge on any atom is 0.337 e. The van der Waals surface area contributed by atoms with Crippen molar-refractivity contribution in [1.82, 2.24) is 19.9 Å². The van der Waals surface area contributed by atoms with E-state index in [-0.39, 0.29) is 23.7 Å². The van der Waals surface area contributed by atoms with E-state index in [2.05, 4.69) is 15.4 Å². The SMILES string of the molecule is O=C1CCC(c2nc3ccc(C(=O)O)cn3n2)C(=O)N1. The van der Waals surface area contributed by atoms with E-state index in [1.165, 1.54) is 22.8 Å². The van der Waals surface area contributed by atoms with E-state index in [0.29, 0.717) is 12.1 Å². The van der Waals surface area contributed by atoms with Gasteiger partial charge in [-0.1, -0.05) is 0 Å². The molecule has 1 unspecified atom stereocenters. The Labute approximate surface area is 112 Å². The minimum absolute atomic E-state index is 0.0808. The smallest absolute Gasteiger partial charge is 0.337 e. The van der Waals surface area contributed by atoms with Crippen LogP contribution in [0.5, 0.6) is 0 Å². The van der Waals surface area contributed by atoms with Crippen LogP contribution in [0.25, 0.3) is 5.65 Å². The zero-order valence-corrected chi connectivity index (χ0v) is 10.2. The summed E-state index contributed by atoms with van der Waals surface area (Å²) in [6, 6.07) is 2.94. The van der Waals surface area contributed by atoms with Gasteiger partial charge in [0.2, 0.25) is 11.8 Å². The van der Waals surface area contributed by atoms with Crippen LogP contribution in [-0.2, 0) is 9.59 Å². The van der Waals surface area contributed by atoms with E-state index in [4.69, 9.17) is 5.11 Å². The highest BCUT2D eigenvalue weighted by Gasteiger charge is 2.31. The molecule has 1 aliphatic heterocycles. The third-order valence-electron chi connectivity index (χ3n) is 3.15. The molecule has 2 amide bonds. The molecule has 1 saturated heterocycles. The third kappa shape index (κ3) is 2.00. The molecule has 0 radical (unpaired) electrons. The number of rotatable bonds is 2. The van der Waals surface area contributed by atoms with Crippen molar-refractivity contribution in [3.05, 3.63) is 29.7 Å². The highest BCUT2D eigenvalue weighted by atomic mass is 16.4. The molecule has 0 spiro atoms. The van der Waals surface area contributed by atoms with Crippen molar-refractivity contribution in [2.75, 3.05) is 0 Å². The zero-order valence-electron chi connectivity index (χ0n) is 10.2. The minimum Gasteiger partial charge on any atom is -0.478 e. The van der Waals surface area contributed by atoms with Crippen molar-refractivity contribution < 1.29 is 19.5 Å². The van der Waals surface area contributed by atoms with Crippen molar-refractivity contribution in [1.29, 1.82) is 0 Å². The molecule has 0 saturated carbocycles. The van der Waals surface area contributed by atoms with Crippen LogP contribution in [0, 0.1) is 0 Å². The maximum absolute atomic E-state index is 11.7. The number of pyridine rings is 1. The Bertz CT molecular complexity index is 736. The predicted octanol–water partition coefficient (Wildman–Crippen LogP) is -0.0523. The van der Waals surface area contributed by atoms with Crippen molar-refractivity contribution in [2.24, 2.45) is 0 Å². The Hall–Kier alpha value is -2.77. The molecule has 1 aliphatic rings. The zero-order chi connectivity index (χ0) is 14.3. The van der Waals surface area contributed by atoms with Crippen LogP contribution >= 0.6 is 0 Å². The maximum atomic E-state index is 11.7. The third-order valence-corrected chi connectivity index (χ3v) is 3.15. The first-order chi connectivity index (χ1) is 9.54. The standard InChI is InChI=1S/C12H10N4O4/c17-9-4-2-7(11(18)14-9)10-13-8-3-1-6(12(19)20)5-16(8)15-10/h1,3,5,7H,2,4H2,(H,19,20)(H,14,17,18). The number of nitrogens with zero attached hydrogens (tertiary/aromatic N) is 3. The largest absolute Gasteiger partial charge is 0.478 e. The fourth-order valence-electron chi connectivity index (χ4n) is 2.11. The summed E-state index contributed by atoms with van der Waals surface area (Å²) in [5, 5.41) is 15.3. The predicted molar refractivity (Wildman–Crippen MR) is 65.1 cm³/mol. The number of carboxylic acid groups (broad SMARTS) is 1. The van der Waals surface area contributed by atoms with Gasteiger partial charge in [0.05, 0.1) is 5.56 Å². The summed E-state index contributed by atoms with van der Waals surface area (Å²) in [6.07, 6.45) is 1.93. The van der Waals surface area contributed by atoms with Gasteiger partial charge in [0.1, 0.15) is 5.92 Å². The fourth-order valence-corrected chi connectivity index (χ4v) is 2.11. The molecule has 1 fully saturated rings. The molecule has 0 bridgehead atoms. The Morgan fingerprint density at radius 1 is 1.40 bits per heavy atom. The summed E-state index contributed by atoms with van der Waals surface area (Å²) in [4.78, 5) is 37.9.